The summed E-state index contributed by atoms with van der Waals surface area (Å²) in [7, 11) is 0. The second kappa shape index (κ2) is 4.38. The normalized spacial score (nSPS) is 8.73. The van der Waals surface area contributed by atoms with E-state index in [0.717, 1.165) is 0 Å². The fourth-order valence-electron chi connectivity index (χ4n) is 0.488. The van der Waals surface area contributed by atoms with E-state index in [0.29, 0.717) is 0 Å². The van der Waals surface area contributed by atoms with E-state index in [1.165, 1.54) is 6.08 Å². The van der Waals surface area contributed by atoms with Gasteiger partial charge in [-0.05, 0) is 0 Å². The summed E-state index contributed by atoms with van der Waals surface area (Å²) in [5, 5.41) is 8.07. The number of aliphatic carboxylic acids is 1. The lowest BCUT2D eigenvalue weighted by molar-refractivity contribution is -0.150. The molecule has 0 fully saturated rings. The topological polar surface area (TPSA) is 71.4 Å². The summed E-state index contributed by atoms with van der Waals surface area (Å²) in [5.41, 5.74) is 0. The monoisotopic (exact) mass is 156 g/mol. The van der Waals surface area contributed by atoms with Gasteiger partial charge in [-0.15, -0.1) is 6.58 Å². The molecule has 0 aliphatic heterocycles. The zero-order chi connectivity index (χ0) is 8.85. The number of carboxylic acid groups (broad SMARTS) is 1. The molecule has 0 atom stereocenters. The summed E-state index contributed by atoms with van der Waals surface area (Å²) in [6, 6.07) is 0. The summed E-state index contributed by atoms with van der Waals surface area (Å²) in [6.45, 7) is 3.27. The molecule has 0 saturated carbocycles. The van der Waals surface area contributed by atoms with Crippen molar-refractivity contribution >= 4 is 17.5 Å². The van der Waals surface area contributed by atoms with Crippen molar-refractivity contribution in [2.24, 2.45) is 0 Å². The average Bonchev–Trinajstić information content (AvgIpc) is 1.87. The van der Waals surface area contributed by atoms with Gasteiger partial charge in [0.25, 0.3) is 0 Å². The third-order valence-electron chi connectivity index (χ3n) is 0.968. The van der Waals surface area contributed by atoms with Gasteiger partial charge < -0.3 is 5.11 Å². The van der Waals surface area contributed by atoms with Crippen molar-refractivity contribution < 1.29 is 19.5 Å². The molecular weight excluding hydrogens is 148 g/mol. The molecule has 0 aromatic rings. The Kier molecular flexibility index (Phi) is 3.80. The molecule has 11 heavy (non-hydrogen) atoms. The van der Waals surface area contributed by atoms with Gasteiger partial charge in [0, 0.05) is 6.42 Å². The fraction of sp³-hybridized carbons (Fsp3) is 0.286. The van der Waals surface area contributed by atoms with Crippen LogP contribution in [0.1, 0.15) is 12.8 Å². The van der Waals surface area contributed by atoms with E-state index in [9.17, 15) is 14.4 Å². The highest BCUT2D eigenvalue weighted by Gasteiger charge is 2.14. The highest BCUT2D eigenvalue weighted by atomic mass is 16.4. The van der Waals surface area contributed by atoms with Gasteiger partial charge in [-0.3, -0.25) is 9.59 Å². The lowest BCUT2D eigenvalue weighted by Gasteiger charge is -1.91. The lowest BCUT2D eigenvalue weighted by Crippen LogP contribution is -2.16. The summed E-state index contributed by atoms with van der Waals surface area (Å²) in [4.78, 5) is 30.9. The second-order valence-corrected chi connectivity index (χ2v) is 1.94. The van der Waals surface area contributed by atoms with E-state index >= 15 is 0 Å². The van der Waals surface area contributed by atoms with E-state index in [4.69, 9.17) is 5.11 Å². The molecule has 0 amide bonds. The molecule has 0 rings (SSSR count). The minimum Gasteiger partial charge on any atom is -0.475 e. The van der Waals surface area contributed by atoms with Crippen LogP contribution >= 0.6 is 0 Å². The Balaban J connectivity index is 3.85. The van der Waals surface area contributed by atoms with E-state index in [-0.39, 0.29) is 6.42 Å². The van der Waals surface area contributed by atoms with Crippen LogP contribution in [0.5, 0.6) is 0 Å². The first-order chi connectivity index (χ1) is 5.07. The van der Waals surface area contributed by atoms with E-state index < -0.39 is 24.0 Å². The van der Waals surface area contributed by atoms with Gasteiger partial charge in [-0.25, -0.2) is 4.79 Å². The molecule has 0 aromatic heterocycles. The van der Waals surface area contributed by atoms with E-state index in [2.05, 4.69) is 6.58 Å². The molecule has 0 radical (unpaired) electrons. The van der Waals surface area contributed by atoms with Gasteiger partial charge in [0.15, 0.2) is 0 Å². The molecule has 0 spiro atoms. The Hall–Kier alpha value is -1.45. The van der Waals surface area contributed by atoms with Crippen molar-refractivity contribution in [2.45, 2.75) is 12.8 Å². The van der Waals surface area contributed by atoms with Crippen LogP contribution in [0.15, 0.2) is 12.7 Å². The van der Waals surface area contributed by atoms with Crippen molar-refractivity contribution in [3.63, 3.8) is 0 Å². The van der Waals surface area contributed by atoms with Crippen molar-refractivity contribution in [3.05, 3.63) is 12.7 Å². The van der Waals surface area contributed by atoms with Gasteiger partial charge in [-0.1, -0.05) is 6.08 Å². The highest BCUT2D eigenvalue weighted by Crippen LogP contribution is 1.91. The van der Waals surface area contributed by atoms with Crippen molar-refractivity contribution in [3.8, 4) is 0 Å². The van der Waals surface area contributed by atoms with Crippen molar-refractivity contribution in [2.75, 3.05) is 0 Å². The predicted molar refractivity (Wildman–Crippen MR) is 37.1 cm³/mol. The minimum atomic E-state index is -1.57. The number of carbonyl (C=O) groups is 3. The predicted octanol–water partition coefficient (Wildman–Crippen LogP) is 0.175. The summed E-state index contributed by atoms with van der Waals surface area (Å²) >= 11 is 0. The second-order valence-electron chi connectivity index (χ2n) is 1.94. The van der Waals surface area contributed by atoms with Gasteiger partial charge in [-0.2, -0.15) is 0 Å². The Morgan fingerprint density at radius 1 is 1.36 bits per heavy atom. The molecule has 0 aliphatic rings. The number of hydrogen-bond acceptors (Lipinski definition) is 3. The average molecular weight is 156 g/mol. The molecule has 4 heteroatoms. The number of carbonyl (C=O) groups excluding carboxylic acids is 2. The molecule has 4 nitrogen and oxygen atoms in total. The largest absolute Gasteiger partial charge is 0.475 e. The van der Waals surface area contributed by atoms with Crippen LogP contribution in [0.4, 0.5) is 0 Å². The molecule has 0 heterocycles. The number of ketones is 2. The quantitative estimate of drug-likeness (QED) is 0.350. The standard InChI is InChI=1S/C7H8O4/c1-2-3-5(8)4-6(9)7(10)11/h2H,1,3-4H2,(H,10,11). The molecule has 0 unspecified atom stereocenters. The number of rotatable bonds is 5. The minimum absolute atomic E-state index is 0.0407. The first-order valence-electron chi connectivity index (χ1n) is 2.96. The number of allylic oxidation sites excluding steroid dienone is 1. The highest BCUT2D eigenvalue weighted by molar-refractivity contribution is 6.36. The molecule has 60 valence electrons. The van der Waals surface area contributed by atoms with Crippen molar-refractivity contribution in [1.29, 1.82) is 0 Å². The maximum Gasteiger partial charge on any atom is 0.372 e. The third-order valence-corrected chi connectivity index (χ3v) is 0.968. The van der Waals surface area contributed by atoms with Crippen LogP contribution in [0.2, 0.25) is 0 Å². The van der Waals surface area contributed by atoms with Crippen LogP contribution in [-0.2, 0) is 14.4 Å². The van der Waals surface area contributed by atoms with Gasteiger partial charge in [0.1, 0.15) is 5.78 Å². The van der Waals surface area contributed by atoms with Crippen LogP contribution in [0, 0.1) is 0 Å². The zero-order valence-electron chi connectivity index (χ0n) is 5.87. The Morgan fingerprint density at radius 3 is 2.27 bits per heavy atom. The molecule has 1 N–H and O–H groups in total. The summed E-state index contributed by atoms with van der Waals surface area (Å²) in [6.07, 6.45) is 0.831. The first-order valence-corrected chi connectivity index (χ1v) is 2.96. The maximum absolute atomic E-state index is 10.6. The van der Waals surface area contributed by atoms with Gasteiger partial charge in [0.05, 0.1) is 6.42 Å². The number of carboxylic acids is 1. The Labute approximate surface area is 63.5 Å². The third kappa shape index (κ3) is 4.02. The lowest BCUT2D eigenvalue weighted by atomic mass is 10.1. The van der Waals surface area contributed by atoms with E-state index in [1.807, 2.05) is 0 Å². The molecular formula is C7H8O4. The van der Waals surface area contributed by atoms with Gasteiger partial charge in [0.2, 0.25) is 5.78 Å². The SMILES string of the molecule is C=CCC(=O)CC(=O)C(=O)O. The molecule has 0 saturated heterocycles. The Morgan fingerprint density at radius 2 is 1.91 bits per heavy atom. The number of hydrogen-bond donors (Lipinski definition) is 1. The smallest absolute Gasteiger partial charge is 0.372 e. The number of Topliss-reactive ketones (excluding diaryl/α,β-unsaturated/α-hetero) is 2. The first kappa shape index (κ1) is 9.55. The van der Waals surface area contributed by atoms with Crippen LogP contribution in [-0.4, -0.2) is 22.6 Å². The zero-order valence-corrected chi connectivity index (χ0v) is 5.87. The molecule has 0 bridgehead atoms. The van der Waals surface area contributed by atoms with Crippen LogP contribution in [0.3, 0.4) is 0 Å². The van der Waals surface area contributed by atoms with Gasteiger partial charge >= 0.3 is 5.97 Å². The summed E-state index contributed by atoms with van der Waals surface area (Å²) in [5.74, 6) is -3.06. The van der Waals surface area contributed by atoms with Crippen molar-refractivity contribution in [1.82, 2.24) is 0 Å². The van der Waals surface area contributed by atoms with Crippen LogP contribution in [0.25, 0.3) is 0 Å². The Bertz CT molecular complexity index is 204. The molecule has 0 aromatic carbocycles. The summed E-state index contributed by atoms with van der Waals surface area (Å²) < 4.78 is 0. The maximum atomic E-state index is 10.6. The van der Waals surface area contributed by atoms with Crippen LogP contribution < -0.4 is 0 Å². The fourth-order valence-corrected chi connectivity index (χ4v) is 0.488. The van der Waals surface area contributed by atoms with E-state index in [1.54, 1.807) is 0 Å². The molecule has 0 aliphatic carbocycles.